The lowest BCUT2D eigenvalue weighted by molar-refractivity contribution is 0.474. The van der Waals surface area contributed by atoms with Crippen LogP contribution in [0.3, 0.4) is 0 Å². The van der Waals surface area contributed by atoms with Crippen LogP contribution in [0.1, 0.15) is 18.1 Å². The molecule has 0 aliphatic carbocycles. The largest absolute Gasteiger partial charge is 0.370 e. The number of halogens is 1. The van der Waals surface area contributed by atoms with E-state index in [2.05, 4.69) is 41.4 Å². The summed E-state index contributed by atoms with van der Waals surface area (Å²) < 4.78 is 13.0. The molecule has 0 bridgehead atoms. The third kappa shape index (κ3) is 3.24. The van der Waals surface area contributed by atoms with Crippen molar-refractivity contribution >= 4 is 5.69 Å². The van der Waals surface area contributed by atoms with Crippen molar-refractivity contribution in [1.29, 1.82) is 0 Å². The maximum absolute atomic E-state index is 13.0. The molecule has 2 nitrogen and oxygen atoms in total. The number of likely N-dealkylation sites (N-methyl/N-ethyl adjacent to an activating group) is 1. The van der Waals surface area contributed by atoms with Crippen molar-refractivity contribution in [3.8, 4) is 0 Å². The predicted molar refractivity (Wildman–Crippen MR) is 85.1 cm³/mol. The van der Waals surface area contributed by atoms with Crippen molar-refractivity contribution in [2.24, 2.45) is 0 Å². The van der Waals surface area contributed by atoms with Crippen molar-refractivity contribution in [3.05, 3.63) is 65.5 Å². The highest BCUT2D eigenvalue weighted by Gasteiger charge is 2.19. The Morgan fingerprint density at radius 1 is 1.10 bits per heavy atom. The third-order valence-corrected chi connectivity index (χ3v) is 4.18. The summed E-state index contributed by atoms with van der Waals surface area (Å²) >= 11 is 0. The molecule has 3 heteroatoms. The summed E-state index contributed by atoms with van der Waals surface area (Å²) in [6.45, 7) is 4.93. The van der Waals surface area contributed by atoms with Crippen LogP contribution in [-0.4, -0.2) is 19.1 Å². The van der Waals surface area contributed by atoms with Gasteiger partial charge in [0.25, 0.3) is 0 Å². The topological polar surface area (TPSA) is 15.3 Å². The van der Waals surface area contributed by atoms with Crippen LogP contribution >= 0.6 is 0 Å². The van der Waals surface area contributed by atoms with Gasteiger partial charge in [-0.1, -0.05) is 24.3 Å². The molecular weight excluding hydrogens is 263 g/mol. The highest BCUT2D eigenvalue weighted by atomic mass is 19.1. The van der Waals surface area contributed by atoms with E-state index in [1.807, 2.05) is 12.1 Å². The fourth-order valence-electron chi connectivity index (χ4n) is 2.99. The molecule has 110 valence electrons. The van der Waals surface area contributed by atoms with Crippen LogP contribution in [0.2, 0.25) is 0 Å². The molecule has 2 aromatic rings. The zero-order valence-corrected chi connectivity index (χ0v) is 12.3. The third-order valence-electron chi connectivity index (χ3n) is 4.18. The standard InChI is InChI=1S/C18H21FN2/c1-2-21(18-9-7-16(19)8-10-18)13-17-11-14-5-3-4-6-15(14)12-20-17/h3-10,17,20H,2,11-13H2,1H3. The molecule has 0 spiro atoms. The average molecular weight is 284 g/mol. The smallest absolute Gasteiger partial charge is 0.123 e. The molecule has 0 aromatic heterocycles. The maximum atomic E-state index is 13.0. The van der Waals surface area contributed by atoms with E-state index in [1.54, 1.807) is 0 Å². The number of nitrogens with zero attached hydrogens (tertiary/aromatic N) is 1. The fraction of sp³-hybridized carbons (Fsp3) is 0.333. The zero-order valence-electron chi connectivity index (χ0n) is 12.3. The van der Waals surface area contributed by atoms with Crippen molar-refractivity contribution in [3.63, 3.8) is 0 Å². The molecule has 2 aromatic carbocycles. The predicted octanol–water partition coefficient (Wildman–Crippen LogP) is 3.37. The van der Waals surface area contributed by atoms with Crippen LogP contribution in [0.4, 0.5) is 10.1 Å². The Bertz CT molecular complexity index is 594. The van der Waals surface area contributed by atoms with Crippen molar-refractivity contribution in [1.82, 2.24) is 5.32 Å². The fourth-order valence-corrected chi connectivity index (χ4v) is 2.99. The van der Waals surface area contributed by atoms with Gasteiger partial charge in [0, 0.05) is 31.4 Å². The first-order chi connectivity index (χ1) is 10.3. The molecule has 0 saturated carbocycles. The van der Waals surface area contributed by atoms with Crippen molar-refractivity contribution in [2.75, 3.05) is 18.0 Å². The summed E-state index contributed by atoms with van der Waals surface area (Å²) in [5.74, 6) is -0.181. The summed E-state index contributed by atoms with van der Waals surface area (Å²) in [6.07, 6.45) is 1.05. The van der Waals surface area contributed by atoms with E-state index in [0.29, 0.717) is 6.04 Å². The SMILES string of the molecule is CCN(CC1Cc2ccccc2CN1)c1ccc(F)cc1. The maximum Gasteiger partial charge on any atom is 0.123 e. The molecule has 21 heavy (non-hydrogen) atoms. The Balaban J connectivity index is 1.69. The van der Waals surface area contributed by atoms with Gasteiger partial charge < -0.3 is 10.2 Å². The lowest BCUT2D eigenvalue weighted by Gasteiger charge is -2.32. The number of fused-ring (bicyclic) bond motifs is 1. The van der Waals surface area contributed by atoms with Crippen molar-refractivity contribution < 1.29 is 4.39 Å². The highest BCUT2D eigenvalue weighted by Crippen LogP contribution is 2.19. The Hall–Kier alpha value is -1.87. The summed E-state index contributed by atoms with van der Waals surface area (Å²) in [6, 6.07) is 15.8. The van der Waals surface area contributed by atoms with Crippen molar-refractivity contribution in [2.45, 2.75) is 25.9 Å². The molecule has 1 heterocycles. The van der Waals surface area contributed by atoms with Crippen LogP contribution in [0.25, 0.3) is 0 Å². The molecule has 0 amide bonds. The van der Waals surface area contributed by atoms with E-state index in [0.717, 1.165) is 31.7 Å². The van der Waals surface area contributed by atoms with Crippen LogP contribution < -0.4 is 10.2 Å². The minimum absolute atomic E-state index is 0.181. The number of rotatable bonds is 4. The molecule has 0 radical (unpaired) electrons. The summed E-state index contributed by atoms with van der Waals surface area (Å²) in [5, 5.41) is 3.61. The average Bonchev–Trinajstić information content (AvgIpc) is 2.53. The number of anilines is 1. The van der Waals surface area contributed by atoms with Crippen LogP contribution in [-0.2, 0) is 13.0 Å². The highest BCUT2D eigenvalue weighted by molar-refractivity contribution is 5.46. The molecule has 1 N–H and O–H groups in total. The van der Waals surface area contributed by atoms with E-state index in [4.69, 9.17) is 0 Å². The number of benzene rings is 2. The monoisotopic (exact) mass is 284 g/mol. The van der Waals surface area contributed by atoms with E-state index in [-0.39, 0.29) is 5.82 Å². The van der Waals surface area contributed by atoms with Gasteiger partial charge in [-0.3, -0.25) is 0 Å². The molecule has 1 atom stereocenters. The quantitative estimate of drug-likeness (QED) is 0.926. The lowest BCUT2D eigenvalue weighted by atomic mass is 9.95. The molecular formula is C18H21FN2. The Morgan fingerprint density at radius 2 is 1.81 bits per heavy atom. The van der Waals surface area contributed by atoms with E-state index in [1.165, 1.54) is 23.3 Å². The number of nitrogens with one attached hydrogen (secondary N) is 1. The second-order valence-electron chi connectivity index (χ2n) is 5.57. The van der Waals surface area contributed by atoms with Crippen LogP contribution in [0, 0.1) is 5.82 Å². The Morgan fingerprint density at radius 3 is 2.52 bits per heavy atom. The Labute approximate surface area is 125 Å². The second-order valence-corrected chi connectivity index (χ2v) is 5.57. The van der Waals surface area contributed by atoms with Crippen LogP contribution in [0.5, 0.6) is 0 Å². The summed E-state index contributed by atoms with van der Waals surface area (Å²) in [4.78, 5) is 2.30. The first-order valence-electron chi connectivity index (χ1n) is 7.57. The minimum atomic E-state index is -0.181. The second kappa shape index (κ2) is 6.27. The first-order valence-corrected chi connectivity index (χ1v) is 7.57. The molecule has 1 aliphatic heterocycles. The minimum Gasteiger partial charge on any atom is -0.370 e. The molecule has 3 rings (SSSR count). The Kier molecular flexibility index (Phi) is 4.20. The van der Waals surface area contributed by atoms with Gasteiger partial charge >= 0.3 is 0 Å². The summed E-state index contributed by atoms with van der Waals surface area (Å²) in [7, 11) is 0. The van der Waals surface area contributed by atoms with Crippen LogP contribution in [0.15, 0.2) is 48.5 Å². The molecule has 1 aliphatic rings. The normalized spacial score (nSPS) is 17.3. The van der Waals surface area contributed by atoms with Gasteiger partial charge in [0.05, 0.1) is 0 Å². The molecule has 0 saturated heterocycles. The zero-order chi connectivity index (χ0) is 14.7. The van der Waals surface area contributed by atoms with Gasteiger partial charge in [-0.15, -0.1) is 0 Å². The first kappa shape index (κ1) is 14.1. The van der Waals surface area contributed by atoms with Gasteiger partial charge in [-0.2, -0.15) is 0 Å². The van der Waals surface area contributed by atoms with Gasteiger partial charge in [-0.05, 0) is 48.7 Å². The van der Waals surface area contributed by atoms with E-state index >= 15 is 0 Å². The number of hydrogen-bond acceptors (Lipinski definition) is 2. The van der Waals surface area contributed by atoms with Gasteiger partial charge in [0.2, 0.25) is 0 Å². The van der Waals surface area contributed by atoms with Gasteiger partial charge in [-0.25, -0.2) is 4.39 Å². The van der Waals surface area contributed by atoms with E-state index < -0.39 is 0 Å². The lowest BCUT2D eigenvalue weighted by Crippen LogP contribution is -2.44. The van der Waals surface area contributed by atoms with Gasteiger partial charge in [0.15, 0.2) is 0 Å². The number of hydrogen-bond donors (Lipinski definition) is 1. The summed E-state index contributed by atoms with van der Waals surface area (Å²) in [5.41, 5.74) is 3.93. The molecule has 1 unspecified atom stereocenters. The van der Waals surface area contributed by atoms with Gasteiger partial charge in [0.1, 0.15) is 5.82 Å². The van der Waals surface area contributed by atoms with E-state index in [9.17, 15) is 4.39 Å². The molecule has 0 fully saturated rings.